The molecular formula is C20H21ClN3O3S+. The molecule has 2 aromatic carbocycles. The molecule has 4 rings (SSSR count). The zero-order chi connectivity index (χ0) is 19.7. The van der Waals surface area contributed by atoms with Crippen molar-refractivity contribution in [1.29, 1.82) is 0 Å². The number of aromatic nitrogens is 1. The number of hydrogen-bond acceptors (Lipinski definition) is 5. The van der Waals surface area contributed by atoms with E-state index >= 15 is 0 Å². The van der Waals surface area contributed by atoms with E-state index < -0.39 is 9.84 Å². The van der Waals surface area contributed by atoms with Crippen molar-refractivity contribution in [3.63, 3.8) is 0 Å². The van der Waals surface area contributed by atoms with Crippen molar-refractivity contribution in [2.45, 2.75) is 9.92 Å². The third-order valence-electron chi connectivity index (χ3n) is 4.90. The average Bonchev–Trinajstić information content (AvgIpc) is 3.15. The number of hydrogen-bond donors (Lipinski definition) is 1. The number of benzene rings is 2. The smallest absolute Gasteiger partial charge is 0.236 e. The van der Waals surface area contributed by atoms with E-state index in [1.807, 2.05) is 11.0 Å². The summed E-state index contributed by atoms with van der Waals surface area (Å²) in [5.41, 5.74) is 0.569. The minimum atomic E-state index is -3.83. The predicted molar refractivity (Wildman–Crippen MR) is 108 cm³/mol. The van der Waals surface area contributed by atoms with Gasteiger partial charge in [-0.05, 0) is 24.3 Å². The van der Waals surface area contributed by atoms with Crippen LogP contribution in [-0.4, -0.2) is 46.6 Å². The number of piperazine rings is 1. The first-order chi connectivity index (χ1) is 13.5. The molecule has 0 spiro atoms. The molecule has 2 heterocycles. The molecule has 6 nitrogen and oxygen atoms in total. The van der Waals surface area contributed by atoms with E-state index in [-0.39, 0.29) is 21.7 Å². The Labute approximate surface area is 169 Å². The lowest BCUT2D eigenvalue weighted by Crippen LogP contribution is -3.12. The lowest BCUT2D eigenvalue weighted by atomic mass is 10.2. The summed E-state index contributed by atoms with van der Waals surface area (Å²) in [5, 5.41) is 0.398. The van der Waals surface area contributed by atoms with Gasteiger partial charge in [0.15, 0.2) is 0 Å². The number of rotatable bonds is 4. The average molecular weight is 419 g/mol. The van der Waals surface area contributed by atoms with Crippen molar-refractivity contribution in [2.75, 3.05) is 38.1 Å². The first-order valence-corrected chi connectivity index (χ1v) is 10.9. The molecule has 1 aromatic heterocycles. The third-order valence-corrected chi connectivity index (χ3v) is 6.89. The van der Waals surface area contributed by atoms with Crippen molar-refractivity contribution < 1.29 is 17.7 Å². The summed E-state index contributed by atoms with van der Waals surface area (Å²) in [4.78, 5) is 7.94. The van der Waals surface area contributed by atoms with E-state index in [0.29, 0.717) is 23.7 Å². The van der Waals surface area contributed by atoms with Gasteiger partial charge in [0.1, 0.15) is 0 Å². The topological polar surface area (TPSA) is 67.8 Å². The van der Waals surface area contributed by atoms with Crippen molar-refractivity contribution in [1.82, 2.24) is 4.98 Å². The summed E-state index contributed by atoms with van der Waals surface area (Å²) in [7, 11) is -1.71. The van der Waals surface area contributed by atoms with E-state index in [4.69, 9.17) is 16.0 Å². The monoisotopic (exact) mass is 418 g/mol. The summed E-state index contributed by atoms with van der Waals surface area (Å²) in [5.74, 6) is 0.493. The molecule has 28 heavy (non-hydrogen) atoms. The van der Waals surface area contributed by atoms with Gasteiger partial charge in [-0.15, -0.1) is 0 Å². The van der Waals surface area contributed by atoms with Gasteiger partial charge >= 0.3 is 0 Å². The number of anilines is 1. The highest BCUT2D eigenvalue weighted by Gasteiger charge is 2.33. The Kier molecular flexibility index (Phi) is 5.14. The second-order valence-electron chi connectivity index (χ2n) is 6.87. The molecule has 0 bridgehead atoms. The maximum absolute atomic E-state index is 13.3. The third kappa shape index (κ3) is 3.53. The number of sulfone groups is 1. The molecular weight excluding hydrogens is 398 g/mol. The molecule has 1 fully saturated rings. The number of oxazole rings is 1. The predicted octanol–water partition coefficient (Wildman–Crippen LogP) is 2.16. The van der Waals surface area contributed by atoms with Gasteiger partial charge in [-0.2, -0.15) is 4.98 Å². The Morgan fingerprint density at radius 1 is 1.04 bits per heavy atom. The van der Waals surface area contributed by atoms with Crippen LogP contribution in [0.25, 0.3) is 11.5 Å². The highest BCUT2D eigenvalue weighted by molar-refractivity contribution is 7.91. The van der Waals surface area contributed by atoms with Gasteiger partial charge in [0, 0.05) is 0 Å². The van der Waals surface area contributed by atoms with Crippen LogP contribution >= 0.6 is 11.6 Å². The van der Waals surface area contributed by atoms with Gasteiger partial charge in [0.25, 0.3) is 0 Å². The Morgan fingerprint density at radius 3 is 2.36 bits per heavy atom. The molecule has 146 valence electrons. The second kappa shape index (κ2) is 7.58. The summed E-state index contributed by atoms with van der Waals surface area (Å²) < 4.78 is 32.6. The maximum atomic E-state index is 13.3. The lowest BCUT2D eigenvalue weighted by molar-refractivity contribution is -0.880. The Balaban J connectivity index is 1.85. The summed E-state index contributed by atoms with van der Waals surface area (Å²) in [6, 6.07) is 15.4. The lowest BCUT2D eigenvalue weighted by Gasteiger charge is -2.29. The highest BCUT2D eigenvalue weighted by atomic mass is 35.5. The Morgan fingerprint density at radius 2 is 1.68 bits per heavy atom. The van der Waals surface area contributed by atoms with E-state index in [9.17, 15) is 8.42 Å². The number of quaternary nitrogens is 1. The molecule has 0 atom stereocenters. The molecule has 3 aromatic rings. The van der Waals surface area contributed by atoms with Gasteiger partial charge in [-0.3, -0.25) is 0 Å². The van der Waals surface area contributed by atoms with Gasteiger partial charge < -0.3 is 14.2 Å². The van der Waals surface area contributed by atoms with Gasteiger partial charge in [-0.25, -0.2) is 8.42 Å². The van der Waals surface area contributed by atoms with Crippen LogP contribution in [0.1, 0.15) is 0 Å². The minimum Gasteiger partial charge on any atom is -0.419 e. The minimum absolute atomic E-state index is 0.0619. The summed E-state index contributed by atoms with van der Waals surface area (Å²) >= 11 is 6.29. The van der Waals surface area contributed by atoms with Crippen LogP contribution in [0.4, 0.5) is 5.88 Å². The molecule has 0 saturated carbocycles. The number of nitrogens with one attached hydrogen (secondary N) is 1. The molecule has 0 amide bonds. The van der Waals surface area contributed by atoms with Crippen LogP contribution in [0, 0.1) is 0 Å². The van der Waals surface area contributed by atoms with Gasteiger partial charge in [0.05, 0.1) is 48.7 Å². The fourth-order valence-corrected chi connectivity index (χ4v) is 4.78. The normalized spacial score (nSPS) is 15.7. The molecule has 0 radical (unpaired) electrons. The van der Waals surface area contributed by atoms with E-state index in [0.717, 1.165) is 13.1 Å². The summed E-state index contributed by atoms with van der Waals surface area (Å²) in [6.45, 7) is 3.18. The molecule has 1 N–H and O–H groups in total. The SMILES string of the molecule is C[NH+]1CCN(c2oc(-c3ccccc3Cl)nc2S(=O)(=O)c2ccccc2)CC1. The van der Waals surface area contributed by atoms with Crippen LogP contribution in [0.3, 0.4) is 0 Å². The molecule has 8 heteroatoms. The molecule has 1 saturated heterocycles. The number of halogens is 1. The maximum Gasteiger partial charge on any atom is 0.236 e. The standard InChI is InChI=1S/C20H20ClN3O3S/c1-23-11-13-24(14-12-23)20-19(28(25,26)15-7-3-2-4-8-15)22-18(27-20)16-9-5-6-10-17(16)21/h2-10H,11-14H2,1H3/p+1. The summed E-state index contributed by atoms with van der Waals surface area (Å²) in [6.07, 6.45) is 0. The fourth-order valence-electron chi connectivity index (χ4n) is 3.23. The van der Waals surface area contributed by atoms with Crippen LogP contribution < -0.4 is 9.80 Å². The van der Waals surface area contributed by atoms with Gasteiger partial charge in [-0.1, -0.05) is 41.9 Å². The zero-order valence-corrected chi connectivity index (χ0v) is 17.0. The van der Waals surface area contributed by atoms with Crippen LogP contribution in [0.2, 0.25) is 5.02 Å². The van der Waals surface area contributed by atoms with E-state index in [2.05, 4.69) is 12.0 Å². The first-order valence-electron chi connectivity index (χ1n) is 9.09. The first kappa shape index (κ1) is 19.0. The highest BCUT2D eigenvalue weighted by Crippen LogP contribution is 2.36. The van der Waals surface area contributed by atoms with E-state index in [1.165, 1.54) is 4.90 Å². The number of likely N-dealkylation sites (N-methyl/N-ethyl adjacent to an activating group) is 1. The zero-order valence-electron chi connectivity index (χ0n) is 15.4. The van der Waals surface area contributed by atoms with Crippen molar-refractivity contribution in [3.8, 4) is 11.5 Å². The van der Waals surface area contributed by atoms with Crippen LogP contribution in [-0.2, 0) is 9.84 Å². The molecule has 1 aliphatic heterocycles. The quantitative estimate of drug-likeness (QED) is 0.703. The fraction of sp³-hybridized carbons (Fsp3) is 0.250. The van der Waals surface area contributed by atoms with E-state index in [1.54, 1.807) is 48.5 Å². The van der Waals surface area contributed by atoms with Crippen molar-refractivity contribution >= 4 is 27.3 Å². The van der Waals surface area contributed by atoms with Crippen molar-refractivity contribution in [3.05, 3.63) is 59.6 Å². The molecule has 1 aliphatic rings. The molecule has 0 aliphatic carbocycles. The van der Waals surface area contributed by atoms with Crippen LogP contribution in [0.5, 0.6) is 0 Å². The molecule has 0 unspecified atom stereocenters. The van der Waals surface area contributed by atoms with Crippen LogP contribution in [0.15, 0.2) is 68.9 Å². The second-order valence-corrected chi connectivity index (χ2v) is 9.14. The van der Waals surface area contributed by atoms with Gasteiger partial charge in [0.2, 0.25) is 26.6 Å². The number of nitrogens with zero attached hydrogens (tertiary/aromatic N) is 2. The Hall–Kier alpha value is -2.35. The largest absolute Gasteiger partial charge is 0.419 e. The Bertz CT molecular complexity index is 1080. The van der Waals surface area contributed by atoms with Crippen molar-refractivity contribution in [2.24, 2.45) is 0 Å².